The van der Waals surface area contributed by atoms with Crippen molar-refractivity contribution in [2.24, 2.45) is 11.7 Å². The van der Waals surface area contributed by atoms with Gasteiger partial charge in [0.15, 0.2) is 0 Å². The fourth-order valence-corrected chi connectivity index (χ4v) is 3.53. The monoisotopic (exact) mass is 301 g/mol. The number of amides is 1. The van der Waals surface area contributed by atoms with E-state index in [0.29, 0.717) is 0 Å². The number of anilines is 2. The van der Waals surface area contributed by atoms with Crippen LogP contribution in [0.25, 0.3) is 0 Å². The summed E-state index contributed by atoms with van der Waals surface area (Å²) in [6.45, 7) is 2.29. The second kappa shape index (κ2) is 7.14. The summed E-state index contributed by atoms with van der Waals surface area (Å²) >= 11 is 0. The number of benzene rings is 1. The Labute approximate surface area is 133 Å². The van der Waals surface area contributed by atoms with Crippen LogP contribution in [-0.2, 0) is 4.79 Å². The van der Waals surface area contributed by atoms with Crippen LogP contribution in [0.5, 0.6) is 0 Å². The third-order valence-corrected chi connectivity index (χ3v) is 5.00. The van der Waals surface area contributed by atoms with Crippen molar-refractivity contribution in [3.63, 3.8) is 0 Å². The zero-order chi connectivity index (χ0) is 15.4. The van der Waals surface area contributed by atoms with Gasteiger partial charge in [0.2, 0.25) is 5.91 Å². The molecule has 2 aliphatic rings. The average molecular weight is 301 g/mol. The van der Waals surface area contributed by atoms with Crippen LogP contribution in [0.15, 0.2) is 24.3 Å². The third-order valence-electron chi connectivity index (χ3n) is 5.00. The van der Waals surface area contributed by atoms with Gasteiger partial charge in [-0.2, -0.15) is 0 Å². The van der Waals surface area contributed by atoms with Gasteiger partial charge in [-0.1, -0.05) is 0 Å². The van der Waals surface area contributed by atoms with Gasteiger partial charge in [0, 0.05) is 36.4 Å². The maximum Gasteiger partial charge on any atom is 0.227 e. The zero-order valence-corrected chi connectivity index (χ0v) is 13.3. The van der Waals surface area contributed by atoms with Crippen LogP contribution in [-0.4, -0.2) is 25.0 Å². The molecule has 1 heterocycles. The molecule has 1 aliphatic heterocycles. The molecule has 1 saturated carbocycles. The molecule has 1 amide bonds. The minimum atomic E-state index is 0.126. The molecule has 3 rings (SSSR count). The minimum absolute atomic E-state index is 0.126. The summed E-state index contributed by atoms with van der Waals surface area (Å²) in [7, 11) is 0. The predicted molar refractivity (Wildman–Crippen MR) is 91.1 cm³/mol. The summed E-state index contributed by atoms with van der Waals surface area (Å²) in [5.74, 6) is 0.277. The van der Waals surface area contributed by atoms with Gasteiger partial charge in [-0.15, -0.1) is 0 Å². The highest BCUT2D eigenvalue weighted by molar-refractivity contribution is 5.92. The van der Waals surface area contributed by atoms with Crippen molar-refractivity contribution in [2.45, 2.75) is 51.0 Å². The number of carbonyl (C=O) groups is 1. The topological polar surface area (TPSA) is 58.4 Å². The highest BCUT2D eigenvalue weighted by Crippen LogP contribution is 2.26. The molecule has 0 aromatic heterocycles. The Morgan fingerprint density at radius 1 is 1.00 bits per heavy atom. The molecule has 3 N–H and O–H groups in total. The van der Waals surface area contributed by atoms with Gasteiger partial charge >= 0.3 is 0 Å². The van der Waals surface area contributed by atoms with Crippen LogP contribution >= 0.6 is 0 Å². The van der Waals surface area contributed by atoms with Gasteiger partial charge in [0.1, 0.15) is 0 Å². The molecule has 1 aromatic carbocycles. The number of nitrogens with one attached hydrogen (secondary N) is 1. The highest BCUT2D eigenvalue weighted by Gasteiger charge is 2.24. The molecule has 0 unspecified atom stereocenters. The molecule has 2 fully saturated rings. The van der Waals surface area contributed by atoms with E-state index in [9.17, 15) is 4.79 Å². The molecule has 4 heteroatoms. The van der Waals surface area contributed by atoms with E-state index in [1.54, 1.807) is 0 Å². The Bertz CT molecular complexity index is 486. The fraction of sp³-hybridized carbons (Fsp3) is 0.611. The zero-order valence-electron chi connectivity index (χ0n) is 13.3. The van der Waals surface area contributed by atoms with E-state index in [4.69, 9.17) is 5.73 Å². The second-order valence-electron chi connectivity index (χ2n) is 6.70. The van der Waals surface area contributed by atoms with Gasteiger partial charge in [-0.05, 0) is 69.2 Å². The first-order chi connectivity index (χ1) is 10.7. The number of hydrogen-bond donors (Lipinski definition) is 2. The van der Waals surface area contributed by atoms with Crippen molar-refractivity contribution in [1.29, 1.82) is 0 Å². The van der Waals surface area contributed by atoms with E-state index >= 15 is 0 Å². The number of hydrogen-bond acceptors (Lipinski definition) is 3. The van der Waals surface area contributed by atoms with Crippen molar-refractivity contribution in [3.05, 3.63) is 24.3 Å². The summed E-state index contributed by atoms with van der Waals surface area (Å²) in [4.78, 5) is 14.7. The van der Waals surface area contributed by atoms with Gasteiger partial charge in [0.25, 0.3) is 0 Å². The van der Waals surface area contributed by atoms with Crippen molar-refractivity contribution in [1.82, 2.24) is 0 Å². The van der Waals surface area contributed by atoms with E-state index in [1.165, 1.54) is 24.9 Å². The van der Waals surface area contributed by atoms with E-state index < -0.39 is 0 Å². The van der Waals surface area contributed by atoms with Crippen LogP contribution < -0.4 is 16.0 Å². The standard InChI is InChI=1S/C18H27N3O/c19-15-6-4-14(5-7-15)18(22)20-16-8-10-17(11-9-16)21-12-2-1-3-13-21/h8-11,14-15H,1-7,12-13,19H2,(H,20,22). The Kier molecular flexibility index (Phi) is 4.98. The van der Waals surface area contributed by atoms with Gasteiger partial charge in [0.05, 0.1) is 0 Å². The number of piperidine rings is 1. The number of nitrogens with two attached hydrogens (primary N) is 1. The number of nitrogens with zero attached hydrogens (tertiary/aromatic N) is 1. The minimum Gasteiger partial charge on any atom is -0.372 e. The van der Waals surface area contributed by atoms with Gasteiger partial charge < -0.3 is 16.0 Å². The summed E-state index contributed by atoms with van der Waals surface area (Å²) in [6.07, 6.45) is 7.66. The average Bonchev–Trinajstić information content (AvgIpc) is 2.57. The summed E-state index contributed by atoms with van der Waals surface area (Å²) in [5.41, 5.74) is 8.07. The second-order valence-corrected chi connectivity index (χ2v) is 6.70. The van der Waals surface area contributed by atoms with Gasteiger partial charge in [-0.25, -0.2) is 0 Å². The Morgan fingerprint density at radius 2 is 1.64 bits per heavy atom. The molecule has 120 valence electrons. The first-order valence-electron chi connectivity index (χ1n) is 8.64. The van der Waals surface area contributed by atoms with E-state index in [0.717, 1.165) is 44.5 Å². The molecule has 4 nitrogen and oxygen atoms in total. The van der Waals surface area contributed by atoms with Crippen LogP contribution in [0.4, 0.5) is 11.4 Å². The summed E-state index contributed by atoms with van der Waals surface area (Å²) in [5, 5.41) is 3.06. The van der Waals surface area contributed by atoms with Crippen LogP contribution in [0.3, 0.4) is 0 Å². The lowest BCUT2D eigenvalue weighted by molar-refractivity contribution is -0.120. The Morgan fingerprint density at radius 3 is 2.27 bits per heavy atom. The largest absolute Gasteiger partial charge is 0.372 e. The lowest BCUT2D eigenvalue weighted by Crippen LogP contribution is -2.32. The molecule has 22 heavy (non-hydrogen) atoms. The predicted octanol–water partition coefficient (Wildman–Crippen LogP) is 3.13. The summed E-state index contributed by atoms with van der Waals surface area (Å²) < 4.78 is 0. The molecule has 1 saturated heterocycles. The first-order valence-corrected chi connectivity index (χ1v) is 8.64. The number of carbonyl (C=O) groups excluding carboxylic acids is 1. The van der Waals surface area contributed by atoms with E-state index in [1.807, 2.05) is 12.1 Å². The van der Waals surface area contributed by atoms with E-state index in [2.05, 4.69) is 22.3 Å². The molecule has 1 aliphatic carbocycles. The fourth-order valence-electron chi connectivity index (χ4n) is 3.53. The molecule has 0 bridgehead atoms. The summed E-state index contributed by atoms with van der Waals surface area (Å²) in [6, 6.07) is 8.58. The lowest BCUT2D eigenvalue weighted by Gasteiger charge is -2.29. The van der Waals surface area contributed by atoms with Crippen molar-refractivity contribution >= 4 is 17.3 Å². The smallest absolute Gasteiger partial charge is 0.227 e. The quantitative estimate of drug-likeness (QED) is 0.901. The van der Waals surface area contributed by atoms with E-state index in [-0.39, 0.29) is 17.9 Å². The molecular weight excluding hydrogens is 274 g/mol. The Balaban J connectivity index is 1.55. The molecule has 0 atom stereocenters. The SMILES string of the molecule is NC1CCC(C(=O)Nc2ccc(N3CCCCC3)cc2)CC1. The van der Waals surface area contributed by atoms with Crippen LogP contribution in [0, 0.1) is 5.92 Å². The third kappa shape index (κ3) is 3.80. The maximum atomic E-state index is 12.3. The first kappa shape index (κ1) is 15.3. The van der Waals surface area contributed by atoms with Gasteiger partial charge in [-0.3, -0.25) is 4.79 Å². The highest BCUT2D eigenvalue weighted by atomic mass is 16.1. The number of rotatable bonds is 3. The molecule has 0 spiro atoms. The van der Waals surface area contributed by atoms with Crippen LogP contribution in [0.1, 0.15) is 44.9 Å². The molecule has 0 radical (unpaired) electrons. The Hall–Kier alpha value is -1.55. The van der Waals surface area contributed by atoms with Crippen molar-refractivity contribution in [2.75, 3.05) is 23.3 Å². The lowest BCUT2D eigenvalue weighted by atomic mass is 9.86. The molecule has 1 aromatic rings. The van der Waals surface area contributed by atoms with Crippen molar-refractivity contribution in [3.8, 4) is 0 Å². The maximum absolute atomic E-state index is 12.3. The molecular formula is C18H27N3O. The van der Waals surface area contributed by atoms with Crippen LogP contribution in [0.2, 0.25) is 0 Å². The normalized spacial score (nSPS) is 25.8. The van der Waals surface area contributed by atoms with Crippen molar-refractivity contribution < 1.29 is 4.79 Å².